The van der Waals surface area contributed by atoms with Gasteiger partial charge in [-0.1, -0.05) is 0 Å². The molecular weight excluding hydrogens is 387 g/mol. The molecule has 0 fully saturated rings. The number of rotatable bonds is 2. The Morgan fingerprint density at radius 3 is 2.30 bits per heavy atom. The van der Waals surface area contributed by atoms with E-state index in [-0.39, 0.29) is 5.41 Å². The summed E-state index contributed by atoms with van der Waals surface area (Å²) in [7, 11) is 2.18. The third-order valence-corrected chi connectivity index (χ3v) is 10.5. The van der Waals surface area contributed by atoms with Crippen LogP contribution in [0.5, 0.6) is 0 Å². The van der Waals surface area contributed by atoms with Crippen molar-refractivity contribution in [2.24, 2.45) is 7.05 Å². The second-order valence-electron chi connectivity index (χ2n) is 9.51. The molecule has 0 saturated heterocycles. The Labute approximate surface area is 166 Å². The van der Waals surface area contributed by atoms with E-state index in [4.69, 9.17) is 0 Å². The van der Waals surface area contributed by atoms with Gasteiger partial charge < -0.3 is 0 Å². The van der Waals surface area contributed by atoms with E-state index < -0.39 is 13.3 Å². The van der Waals surface area contributed by atoms with Crippen molar-refractivity contribution in [2.75, 3.05) is 0 Å². The quantitative estimate of drug-likeness (QED) is 0.392. The Morgan fingerprint density at radius 2 is 1.59 bits per heavy atom. The zero-order valence-electron chi connectivity index (χ0n) is 17.6. The molecule has 0 spiro atoms. The predicted octanol–water partition coefficient (Wildman–Crippen LogP) is 5.34. The zero-order chi connectivity index (χ0) is 19.6. The van der Waals surface area contributed by atoms with Crippen molar-refractivity contribution in [3.63, 3.8) is 0 Å². The first kappa shape index (κ1) is 18.5. The van der Waals surface area contributed by atoms with Crippen LogP contribution in [0.1, 0.15) is 30.5 Å². The molecule has 0 aliphatic heterocycles. The molecule has 27 heavy (non-hydrogen) atoms. The number of nitrogens with zero attached hydrogens (tertiary/aromatic N) is 1. The summed E-state index contributed by atoms with van der Waals surface area (Å²) in [6, 6.07) is 18.4. The van der Waals surface area contributed by atoms with Crippen LogP contribution in [-0.2, 0) is 12.5 Å². The van der Waals surface area contributed by atoms with Crippen molar-refractivity contribution in [2.45, 2.75) is 43.5 Å². The molecule has 2 aromatic carbocycles. The van der Waals surface area contributed by atoms with Crippen LogP contribution < -0.4 is 8.96 Å². The minimum absolute atomic E-state index is 0.0133. The number of aromatic nitrogens is 1. The van der Waals surface area contributed by atoms with Gasteiger partial charge in [0.25, 0.3) is 0 Å². The summed E-state index contributed by atoms with van der Waals surface area (Å²) in [5, 5.41) is 0. The Balaban J connectivity index is 2.07. The minimum atomic E-state index is -1.90. The molecule has 0 amide bonds. The number of benzene rings is 2. The molecule has 3 aromatic rings. The number of hydrogen-bond donors (Lipinski definition) is 0. The summed E-state index contributed by atoms with van der Waals surface area (Å²) >= 11 is -1.90. The maximum atomic E-state index is 2.47. The molecule has 0 N–H and O–H groups in total. The fourth-order valence-corrected chi connectivity index (χ4v) is 6.99. The first-order valence-electron chi connectivity index (χ1n) is 9.87. The van der Waals surface area contributed by atoms with Crippen molar-refractivity contribution in [3.8, 4) is 22.4 Å². The monoisotopic (exact) mass is 418 g/mol. The Kier molecular flexibility index (Phi) is 4.16. The number of hydrogen-bond acceptors (Lipinski definition) is 0. The van der Waals surface area contributed by atoms with E-state index in [2.05, 4.69) is 104 Å². The molecule has 0 bridgehead atoms. The van der Waals surface area contributed by atoms with Crippen molar-refractivity contribution in [1.82, 2.24) is 0 Å². The molecule has 4 rings (SSSR count). The second-order valence-corrected chi connectivity index (χ2v) is 20.2. The maximum absolute atomic E-state index is 2.47. The molecule has 1 nitrogen and oxygen atoms in total. The second kappa shape index (κ2) is 6.07. The molecule has 138 valence electrons. The van der Waals surface area contributed by atoms with Crippen LogP contribution in [0.2, 0.25) is 17.3 Å². The molecule has 2 heteroatoms. The summed E-state index contributed by atoms with van der Waals surface area (Å²) in [6.45, 7) is 7.03. The molecule has 0 unspecified atom stereocenters. The van der Waals surface area contributed by atoms with Crippen molar-refractivity contribution >= 4 is 17.7 Å². The molecule has 1 aliphatic carbocycles. The van der Waals surface area contributed by atoms with Crippen LogP contribution in [0, 0.1) is 6.92 Å². The fourth-order valence-electron chi connectivity index (χ4n) is 4.59. The molecule has 1 aliphatic rings. The van der Waals surface area contributed by atoms with Crippen LogP contribution in [0.4, 0.5) is 0 Å². The normalized spacial score (nSPS) is 14.8. The average Bonchev–Trinajstić information content (AvgIpc) is 2.83. The van der Waals surface area contributed by atoms with Crippen LogP contribution in [0.3, 0.4) is 0 Å². The van der Waals surface area contributed by atoms with Crippen molar-refractivity contribution < 1.29 is 4.57 Å². The third kappa shape index (κ3) is 2.79. The van der Waals surface area contributed by atoms with Gasteiger partial charge in [-0.2, -0.15) is 0 Å². The standard InChI is InChI=1S/C25H30GeN/c1-17-12-13-20-19-10-8-9-11-21(19)25(2,3)24(20)23(17)22-16-18(26(4,5)6)14-15-27(22)7/h8-16H,1-7H3/q+1. The van der Waals surface area contributed by atoms with E-state index >= 15 is 0 Å². The Morgan fingerprint density at radius 1 is 0.889 bits per heavy atom. The topological polar surface area (TPSA) is 3.88 Å². The van der Waals surface area contributed by atoms with Crippen LogP contribution in [-0.4, -0.2) is 13.3 Å². The third-order valence-electron chi connectivity index (χ3n) is 6.20. The zero-order valence-corrected chi connectivity index (χ0v) is 19.7. The van der Waals surface area contributed by atoms with E-state index in [1.165, 1.54) is 39.1 Å². The van der Waals surface area contributed by atoms with Gasteiger partial charge >= 0.3 is 167 Å². The van der Waals surface area contributed by atoms with Gasteiger partial charge in [-0.3, -0.25) is 0 Å². The van der Waals surface area contributed by atoms with Crippen LogP contribution in [0.25, 0.3) is 22.4 Å². The first-order valence-corrected chi connectivity index (χ1v) is 17.2. The summed E-state index contributed by atoms with van der Waals surface area (Å²) in [5.74, 6) is 7.42. The molecule has 0 atom stereocenters. The molecule has 0 radical (unpaired) electrons. The van der Waals surface area contributed by atoms with Gasteiger partial charge in [0, 0.05) is 0 Å². The van der Waals surface area contributed by atoms with E-state index in [9.17, 15) is 0 Å². The van der Waals surface area contributed by atoms with Gasteiger partial charge in [-0.25, -0.2) is 0 Å². The van der Waals surface area contributed by atoms with E-state index in [0.29, 0.717) is 0 Å². The first-order chi connectivity index (χ1) is 12.6. The summed E-state index contributed by atoms with van der Waals surface area (Å²) in [6.07, 6.45) is 2.26. The number of pyridine rings is 1. The number of fused-ring (bicyclic) bond motifs is 3. The van der Waals surface area contributed by atoms with Gasteiger partial charge in [0.1, 0.15) is 0 Å². The average molecular weight is 417 g/mol. The Hall–Kier alpha value is -1.87. The van der Waals surface area contributed by atoms with Crippen LogP contribution >= 0.6 is 0 Å². The molecule has 0 saturated carbocycles. The van der Waals surface area contributed by atoms with E-state index in [0.717, 1.165) is 0 Å². The van der Waals surface area contributed by atoms with Gasteiger partial charge in [-0.05, 0) is 0 Å². The van der Waals surface area contributed by atoms with Gasteiger partial charge in [-0.15, -0.1) is 0 Å². The summed E-state index contributed by atoms with van der Waals surface area (Å²) < 4.78 is 3.87. The van der Waals surface area contributed by atoms with E-state index in [1.807, 2.05) is 0 Å². The SMILES string of the molecule is Cc1ccc2c(c1-c1c[c]([Ge]([CH3])([CH3])[CH3])cc[n+]1C)C(C)(C)c1ccccc1-2. The Bertz CT molecular complexity index is 1050. The molecule has 1 heterocycles. The number of aryl methyl sites for hydroxylation is 2. The van der Waals surface area contributed by atoms with Gasteiger partial charge in [0.15, 0.2) is 0 Å². The van der Waals surface area contributed by atoms with E-state index in [1.54, 1.807) is 4.40 Å². The van der Waals surface area contributed by atoms with Crippen molar-refractivity contribution in [1.29, 1.82) is 0 Å². The predicted molar refractivity (Wildman–Crippen MR) is 118 cm³/mol. The molecular formula is C25H30GeN+. The molecule has 1 aromatic heterocycles. The van der Waals surface area contributed by atoms with Gasteiger partial charge in [0.05, 0.1) is 0 Å². The van der Waals surface area contributed by atoms with Gasteiger partial charge in [0.2, 0.25) is 0 Å². The fraction of sp³-hybridized carbons (Fsp3) is 0.320. The van der Waals surface area contributed by atoms with Crippen molar-refractivity contribution in [3.05, 3.63) is 71.4 Å². The van der Waals surface area contributed by atoms with Crippen LogP contribution in [0.15, 0.2) is 54.7 Å². The summed E-state index contributed by atoms with van der Waals surface area (Å²) in [5.41, 5.74) is 9.87. The summed E-state index contributed by atoms with van der Waals surface area (Å²) in [4.78, 5) is 0.